The van der Waals surface area contributed by atoms with E-state index in [9.17, 15) is 0 Å². The summed E-state index contributed by atoms with van der Waals surface area (Å²) in [5, 5.41) is 5.85. The van der Waals surface area contributed by atoms with Crippen molar-refractivity contribution in [2.75, 3.05) is 12.4 Å². The molecule has 0 fully saturated rings. The maximum absolute atomic E-state index is 5.55. The second-order valence-corrected chi connectivity index (χ2v) is 4.62. The van der Waals surface area contributed by atoms with Crippen molar-refractivity contribution in [3.63, 3.8) is 0 Å². The van der Waals surface area contributed by atoms with E-state index in [1.54, 1.807) is 7.11 Å². The standard InChI is InChI=1S/C15H19NO/c1-10(2)16-14-9-11(3)12-7-5-6-8-13(12)15(14)17-4/h5-10,16H,1-4H3. The van der Waals surface area contributed by atoms with Crippen molar-refractivity contribution in [2.45, 2.75) is 26.8 Å². The lowest BCUT2D eigenvalue weighted by molar-refractivity contribution is 0.421. The molecule has 2 aromatic carbocycles. The van der Waals surface area contributed by atoms with Crippen LogP contribution in [0.1, 0.15) is 19.4 Å². The van der Waals surface area contributed by atoms with E-state index in [1.807, 2.05) is 6.07 Å². The number of benzene rings is 2. The zero-order valence-electron chi connectivity index (χ0n) is 10.9. The number of anilines is 1. The van der Waals surface area contributed by atoms with Crippen molar-refractivity contribution >= 4 is 16.5 Å². The first-order valence-corrected chi connectivity index (χ1v) is 5.96. The molecule has 0 saturated carbocycles. The molecule has 2 rings (SSSR count). The molecule has 2 aromatic rings. The van der Waals surface area contributed by atoms with Crippen molar-refractivity contribution < 1.29 is 4.74 Å². The van der Waals surface area contributed by atoms with Gasteiger partial charge in [0.25, 0.3) is 0 Å². The lowest BCUT2D eigenvalue weighted by atomic mass is 10.0. The average Bonchev–Trinajstić information content (AvgIpc) is 2.29. The topological polar surface area (TPSA) is 21.3 Å². The molecular weight excluding hydrogens is 210 g/mol. The summed E-state index contributed by atoms with van der Waals surface area (Å²) in [7, 11) is 1.72. The quantitative estimate of drug-likeness (QED) is 0.859. The van der Waals surface area contributed by atoms with Gasteiger partial charge in [-0.25, -0.2) is 0 Å². The summed E-state index contributed by atoms with van der Waals surface area (Å²) in [6.45, 7) is 6.39. The molecule has 0 bridgehead atoms. The summed E-state index contributed by atoms with van der Waals surface area (Å²) in [6, 6.07) is 10.9. The SMILES string of the molecule is COc1c(NC(C)C)cc(C)c2ccccc12. The lowest BCUT2D eigenvalue weighted by Gasteiger charge is -2.17. The second kappa shape index (κ2) is 4.66. The normalized spacial score (nSPS) is 10.9. The number of ether oxygens (including phenoxy) is 1. The Bertz CT molecular complexity index is 532. The number of hydrogen-bond acceptors (Lipinski definition) is 2. The fourth-order valence-electron chi connectivity index (χ4n) is 2.17. The lowest BCUT2D eigenvalue weighted by Crippen LogP contribution is -2.11. The fourth-order valence-corrected chi connectivity index (χ4v) is 2.17. The average molecular weight is 229 g/mol. The van der Waals surface area contributed by atoms with E-state index in [2.05, 4.69) is 50.4 Å². The molecule has 0 aromatic heterocycles. The molecule has 2 heteroatoms. The van der Waals surface area contributed by atoms with Crippen LogP contribution >= 0.6 is 0 Å². The minimum Gasteiger partial charge on any atom is -0.494 e. The number of nitrogens with one attached hydrogen (secondary N) is 1. The van der Waals surface area contributed by atoms with Crippen molar-refractivity contribution in [1.29, 1.82) is 0 Å². The van der Waals surface area contributed by atoms with Crippen molar-refractivity contribution in [3.05, 3.63) is 35.9 Å². The Labute approximate surface area is 103 Å². The molecule has 0 radical (unpaired) electrons. The Morgan fingerprint density at radius 3 is 2.35 bits per heavy atom. The van der Waals surface area contributed by atoms with E-state index in [1.165, 1.54) is 10.9 Å². The Hall–Kier alpha value is -1.70. The molecule has 2 nitrogen and oxygen atoms in total. The van der Waals surface area contributed by atoms with Crippen LogP contribution < -0.4 is 10.1 Å². The van der Waals surface area contributed by atoms with E-state index >= 15 is 0 Å². The molecule has 0 spiro atoms. The Kier molecular flexibility index (Phi) is 3.23. The zero-order valence-corrected chi connectivity index (χ0v) is 10.9. The van der Waals surface area contributed by atoms with Gasteiger partial charge in [-0.05, 0) is 37.8 Å². The van der Waals surface area contributed by atoms with Crippen LogP contribution in [-0.2, 0) is 0 Å². The van der Waals surface area contributed by atoms with Crippen LogP contribution in [0.4, 0.5) is 5.69 Å². The van der Waals surface area contributed by atoms with Gasteiger partial charge < -0.3 is 10.1 Å². The smallest absolute Gasteiger partial charge is 0.149 e. The number of hydrogen-bond donors (Lipinski definition) is 1. The van der Waals surface area contributed by atoms with E-state index in [-0.39, 0.29) is 0 Å². The van der Waals surface area contributed by atoms with Crippen LogP contribution in [0, 0.1) is 6.92 Å². The molecule has 0 atom stereocenters. The van der Waals surface area contributed by atoms with E-state index in [0.29, 0.717) is 6.04 Å². The van der Waals surface area contributed by atoms with Crippen molar-refractivity contribution in [1.82, 2.24) is 0 Å². The van der Waals surface area contributed by atoms with Crippen LogP contribution in [0.25, 0.3) is 10.8 Å². The van der Waals surface area contributed by atoms with Gasteiger partial charge in [-0.15, -0.1) is 0 Å². The maximum Gasteiger partial charge on any atom is 0.149 e. The van der Waals surface area contributed by atoms with Crippen LogP contribution in [0.5, 0.6) is 5.75 Å². The molecule has 1 N–H and O–H groups in total. The summed E-state index contributed by atoms with van der Waals surface area (Å²) in [6.07, 6.45) is 0. The molecule has 0 heterocycles. The van der Waals surface area contributed by atoms with Gasteiger partial charge in [0.05, 0.1) is 12.8 Å². The molecule has 17 heavy (non-hydrogen) atoms. The van der Waals surface area contributed by atoms with Crippen LogP contribution in [0.3, 0.4) is 0 Å². The number of rotatable bonds is 3. The molecule has 0 aliphatic carbocycles. The molecule has 0 unspecified atom stereocenters. The first-order valence-electron chi connectivity index (χ1n) is 5.96. The highest BCUT2D eigenvalue weighted by molar-refractivity contribution is 5.95. The van der Waals surface area contributed by atoms with Gasteiger partial charge >= 0.3 is 0 Å². The molecule has 0 saturated heterocycles. The third kappa shape index (κ3) is 2.21. The predicted octanol–water partition coefficient (Wildman–Crippen LogP) is 3.98. The summed E-state index contributed by atoms with van der Waals surface area (Å²) in [5.41, 5.74) is 2.34. The second-order valence-electron chi connectivity index (χ2n) is 4.62. The molecular formula is C15H19NO. The third-order valence-electron chi connectivity index (χ3n) is 2.85. The first kappa shape index (κ1) is 11.8. The summed E-state index contributed by atoms with van der Waals surface area (Å²) < 4.78 is 5.55. The molecule has 0 amide bonds. The predicted molar refractivity (Wildman–Crippen MR) is 74.0 cm³/mol. The minimum absolute atomic E-state index is 0.393. The molecule has 0 aliphatic heterocycles. The van der Waals surface area contributed by atoms with Gasteiger partial charge in [0.1, 0.15) is 5.75 Å². The molecule has 0 aliphatic rings. The Balaban J connectivity index is 2.68. The highest BCUT2D eigenvalue weighted by atomic mass is 16.5. The van der Waals surface area contributed by atoms with E-state index in [4.69, 9.17) is 4.74 Å². The highest BCUT2D eigenvalue weighted by Crippen LogP contribution is 2.36. The number of aryl methyl sites for hydroxylation is 1. The van der Waals surface area contributed by atoms with Gasteiger partial charge in [-0.1, -0.05) is 24.3 Å². The fraction of sp³-hybridized carbons (Fsp3) is 0.333. The first-order chi connectivity index (χ1) is 8.13. The summed E-state index contributed by atoms with van der Waals surface area (Å²) in [5.74, 6) is 0.930. The van der Waals surface area contributed by atoms with Gasteiger partial charge in [0.15, 0.2) is 0 Å². The van der Waals surface area contributed by atoms with Crippen LogP contribution in [0.15, 0.2) is 30.3 Å². The number of fused-ring (bicyclic) bond motifs is 1. The van der Waals surface area contributed by atoms with E-state index < -0.39 is 0 Å². The van der Waals surface area contributed by atoms with Crippen LogP contribution in [-0.4, -0.2) is 13.2 Å². The van der Waals surface area contributed by atoms with Crippen molar-refractivity contribution in [2.24, 2.45) is 0 Å². The van der Waals surface area contributed by atoms with E-state index in [0.717, 1.165) is 16.8 Å². The van der Waals surface area contributed by atoms with Gasteiger partial charge in [-0.2, -0.15) is 0 Å². The Morgan fingerprint density at radius 2 is 1.76 bits per heavy atom. The van der Waals surface area contributed by atoms with Gasteiger partial charge in [-0.3, -0.25) is 0 Å². The third-order valence-corrected chi connectivity index (χ3v) is 2.85. The number of methoxy groups -OCH3 is 1. The minimum atomic E-state index is 0.393. The van der Waals surface area contributed by atoms with Crippen molar-refractivity contribution in [3.8, 4) is 5.75 Å². The van der Waals surface area contributed by atoms with Gasteiger partial charge in [0.2, 0.25) is 0 Å². The molecule has 90 valence electrons. The summed E-state index contributed by atoms with van der Waals surface area (Å²) in [4.78, 5) is 0. The van der Waals surface area contributed by atoms with Crippen LogP contribution in [0.2, 0.25) is 0 Å². The zero-order chi connectivity index (χ0) is 12.4. The monoisotopic (exact) mass is 229 g/mol. The highest BCUT2D eigenvalue weighted by Gasteiger charge is 2.10. The Morgan fingerprint density at radius 1 is 1.12 bits per heavy atom. The summed E-state index contributed by atoms with van der Waals surface area (Å²) >= 11 is 0. The van der Waals surface area contributed by atoms with Gasteiger partial charge in [0, 0.05) is 11.4 Å². The largest absolute Gasteiger partial charge is 0.494 e. The maximum atomic E-state index is 5.55.